The van der Waals surface area contributed by atoms with Gasteiger partial charge in [-0.05, 0) is 31.4 Å². The van der Waals surface area contributed by atoms with Gasteiger partial charge in [-0.3, -0.25) is 0 Å². The van der Waals surface area contributed by atoms with E-state index in [9.17, 15) is 13.5 Å². The molecule has 1 atom stereocenters. The van der Waals surface area contributed by atoms with Crippen LogP contribution in [0.25, 0.3) is 16.9 Å². The molecule has 0 aliphatic carbocycles. The van der Waals surface area contributed by atoms with Crippen LogP contribution in [0.1, 0.15) is 25.7 Å². The summed E-state index contributed by atoms with van der Waals surface area (Å²) in [5.74, 6) is 0. The van der Waals surface area contributed by atoms with Gasteiger partial charge in [0, 0.05) is 24.8 Å². The molecule has 1 aliphatic rings. The number of hydrogen-bond donors (Lipinski definition) is 1. The number of benzene rings is 2. The summed E-state index contributed by atoms with van der Waals surface area (Å²) >= 11 is 0. The maximum atomic E-state index is 13.7. The number of para-hydroxylation sites is 1. The van der Waals surface area contributed by atoms with Gasteiger partial charge in [-0.1, -0.05) is 55.0 Å². The number of aromatic nitrogens is 2. The summed E-state index contributed by atoms with van der Waals surface area (Å²) in [6.45, 7) is 0.448. The van der Waals surface area contributed by atoms with Gasteiger partial charge in [-0.15, -0.1) is 0 Å². The summed E-state index contributed by atoms with van der Waals surface area (Å²) < 4.78 is 30.6. The average molecular weight is 412 g/mol. The molecule has 1 fully saturated rings. The van der Waals surface area contributed by atoms with Crippen LogP contribution in [0.5, 0.6) is 0 Å². The summed E-state index contributed by atoms with van der Waals surface area (Å²) in [4.78, 5) is 0.206. The van der Waals surface area contributed by atoms with Crippen molar-refractivity contribution >= 4 is 10.0 Å². The summed E-state index contributed by atoms with van der Waals surface area (Å²) in [6, 6.07) is 18.7. The van der Waals surface area contributed by atoms with E-state index < -0.39 is 10.0 Å². The van der Waals surface area contributed by atoms with Crippen LogP contribution in [-0.2, 0) is 10.0 Å². The van der Waals surface area contributed by atoms with Gasteiger partial charge in [-0.2, -0.15) is 9.40 Å². The van der Waals surface area contributed by atoms with Crippen LogP contribution in [0.2, 0.25) is 0 Å². The SMILES string of the molecule is O=S(=O)(c1cn(-c2ccccc2)nc1-c1ccccc1)N1CCCCC1CCO. The second-order valence-corrected chi connectivity index (χ2v) is 9.12. The van der Waals surface area contributed by atoms with Gasteiger partial charge < -0.3 is 5.11 Å². The van der Waals surface area contributed by atoms with Gasteiger partial charge in [-0.25, -0.2) is 13.1 Å². The number of rotatable bonds is 6. The Hall–Kier alpha value is -2.48. The molecule has 1 aliphatic heterocycles. The first kappa shape index (κ1) is 19.8. The molecule has 1 unspecified atom stereocenters. The number of aliphatic hydroxyl groups is 1. The lowest BCUT2D eigenvalue weighted by Gasteiger charge is -2.34. The van der Waals surface area contributed by atoms with Crippen LogP contribution in [0.15, 0.2) is 71.8 Å². The van der Waals surface area contributed by atoms with E-state index in [1.54, 1.807) is 15.2 Å². The van der Waals surface area contributed by atoms with Crippen LogP contribution >= 0.6 is 0 Å². The van der Waals surface area contributed by atoms with E-state index >= 15 is 0 Å². The highest BCUT2D eigenvalue weighted by Gasteiger charge is 2.36. The van der Waals surface area contributed by atoms with E-state index in [1.165, 1.54) is 0 Å². The van der Waals surface area contributed by atoms with Crippen molar-refractivity contribution in [1.82, 2.24) is 14.1 Å². The van der Waals surface area contributed by atoms with Gasteiger partial charge >= 0.3 is 0 Å². The topological polar surface area (TPSA) is 75.4 Å². The molecule has 29 heavy (non-hydrogen) atoms. The third kappa shape index (κ3) is 3.99. The molecule has 4 rings (SSSR count). The molecule has 0 saturated carbocycles. The highest BCUT2D eigenvalue weighted by atomic mass is 32.2. The molecular weight excluding hydrogens is 386 g/mol. The summed E-state index contributed by atoms with van der Waals surface area (Å²) in [6.07, 6.45) is 4.64. The van der Waals surface area contributed by atoms with Crippen molar-refractivity contribution < 1.29 is 13.5 Å². The van der Waals surface area contributed by atoms with Crippen LogP contribution in [0, 0.1) is 0 Å². The first-order valence-corrected chi connectivity index (χ1v) is 11.4. The third-order valence-corrected chi connectivity index (χ3v) is 7.32. The third-order valence-electron chi connectivity index (χ3n) is 5.37. The van der Waals surface area contributed by atoms with Crippen molar-refractivity contribution in [2.75, 3.05) is 13.2 Å². The Morgan fingerprint density at radius 2 is 1.69 bits per heavy atom. The average Bonchev–Trinajstić information content (AvgIpc) is 3.22. The van der Waals surface area contributed by atoms with E-state index in [1.807, 2.05) is 60.7 Å². The standard InChI is InChI=1S/C22H25N3O3S/c26-16-14-20-13-7-8-15-25(20)29(27,28)21-17-24(19-11-5-2-6-12-19)23-22(21)18-9-3-1-4-10-18/h1-6,9-12,17,20,26H,7-8,13-16H2. The molecule has 0 bridgehead atoms. The van der Waals surface area contributed by atoms with Gasteiger partial charge in [0.2, 0.25) is 10.0 Å². The zero-order valence-corrected chi connectivity index (χ0v) is 17.0. The number of hydrogen-bond acceptors (Lipinski definition) is 4. The Morgan fingerprint density at radius 1 is 1.00 bits per heavy atom. The minimum atomic E-state index is -3.76. The lowest BCUT2D eigenvalue weighted by atomic mass is 10.0. The molecule has 3 aromatic rings. The van der Waals surface area contributed by atoms with Crippen molar-refractivity contribution in [2.24, 2.45) is 0 Å². The maximum Gasteiger partial charge on any atom is 0.247 e. The summed E-state index contributed by atoms with van der Waals surface area (Å²) in [7, 11) is -3.76. The molecular formula is C22H25N3O3S. The smallest absolute Gasteiger partial charge is 0.247 e. The fourth-order valence-electron chi connectivity index (χ4n) is 3.91. The Morgan fingerprint density at radius 3 is 2.38 bits per heavy atom. The predicted molar refractivity (Wildman–Crippen MR) is 112 cm³/mol. The van der Waals surface area contributed by atoms with Crippen LogP contribution in [-0.4, -0.2) is 46.8 Å². The highest BCUT2D eigenvalue weighted by Crippen LogP contribution is 2.33. The van der Waals surface area contributed by atoms with Gasteiger partial charge in [0.05, 0.1) is 11.9 Å². The minimum absolute atomic E-state index is 0.0223. The number of nitrogens with zero attached hydrogens (tertiary/aromatic N) is 3. The van der Waals surface area contributed by atoms with Gasteiger partial charge in [0.15, 0.2) is 0 Å². The molecule has 2 aromatic carbocycles. The van der Waals surface area contributed by atoms with E-state index in [0.717, 1.165) is 30.5 Å². The maximum absolute atomic E-state index is 13.7. The first-order chi connectivity index (χ1) is 14.1. The molecule has 1 N–H and O–H groups in total. The van der Waals surface area contributed by atoms with Crippen LogP contribution in [0.4, 0.5) is 0 Å². The quantitative estimate of drug-likeness (QED) is 0.674. The summed E-state index contributed by atoms with van der Waals surface area (Å²) in [5, 5.41) is 14.1. The van der Waals surface area contributed by atoms with Gasteiger partial charge in [0.25, 0.3) is 0 Å². The Labute approximate surface area is 171 Å². The highest BCUT2D eigenvalue weighted by molar-refractivity contribution is 7.89. The molecule has 0 amide bonds. The van der Waals surface area contributed by atoms with Gasteiger partial charge in [0.1, 0.15) is 10.6 Å². The molecule has 0 spiro atoms. The fraction of sp³-hybridized carbons (Fsp3) is 0.318. The van der Waals surface area contributed by atoms with Crippen molar-refractivity contribution in [3.63, 3.8) is 0 Å². The Bertz CT molecular complexity index is 1050. The summed E-state index contributed by atoms with van der Waals surface area (Å²) in [5.41, 5.74) is 2.01. The largest absolute Gasteiger partial charge is 0.396 e. The number of sulfonamides is 1. The van der Waals surface area contributed by atoms with Crippen LogP contribution in [0.3, 0.4) is 0 Å². The molecule has 2 heterocycles. The molecule has 7 heteroatoms. The first-order valence-electron chi connectivity index (χ1n) is 9.94. The van der Waals surface area contributed by atoms with Crippen LogP contribution < -0.4 is 0 Å². The minimum Gasteiger partial charge on any atom is -0.396 e. The molecule has 0 radical (unpaired) electrons. The second kappa shape index (κ2) is 8.49. The van der Waals surface area contributed by atoms with E-state index in [4.69, 9.17) is 0 Å². The Kier molecular flexibility index (Phi) is 5.80. The number of aliphatic hydroxyl groups excluding tert-OH is 1. The van der Waals surface area contributed by atoms with Crippen molar-refractivity contribution in [2.45, 2.75) is 36.6 Å². The van der Waals surface area contributed by atoms with E-state index in [0.29, 0.717) is 18.7 Å². The predicted octanol–water partition coefficient (Wildman–Crippen LogP) is 3.46. The Balaban J connectivity index is 1.84. The van der Waals surface area contributed by atoms with E-state index in [2.05, 4.69) is 5.10 Å². The monoisotopic (exact) mass is 411 g/mol. The molecule has 1 aromatic heterocycles. The lowest BCUT2D eigenvalue weighted by molar-refractivity contribution is 0.192. The normalized spacial score (nSPS) is 18.0. The van der Waals surface area contributed by atoms with E-state index in [-0.39, 0.29) is 17.5 Å². The van der Waals surface area contributed by atoms with Crippen molar-refractivity contribution in [3.05, 3.63) is 66.9 Å². The van der Waals surface area contributed by atoms with Crippen molar-refractivity contribution in [3.8, 4) is 16.9 Å². The second-order valence-electron chi connectivity index (χ2n) is 7.27. The zero-order chi connectivity index (χ0) is 20.3. The lowest BCUT2D eigenvalue weighted by Crippen LogP contribution is -2.44. The molecule has 6 nitrogen and oxygen atoms in total. The fourth-order valence-corrected chi connectivity index (χ4v) is 5.77. The zero-order valence-electron chi connectivity index (χ0n) is 16.2. The molecule has 152 valence electrons. The molecule has 1 saturated heterocycles. The number of piperidine rings is 1. The van der Waals surface area contributed by atoms with Crippen molar-refractivity contribution in [1.29, 1.82) is 0 Å².